The summed E-state index contributed by atoms with van der Waals surface area (Å²) in [6.45, 7) is 6.43. The van der Waals surface area contributed by atoms with Crippen molar-refractivity contribution in [3.63, 3.8) is 0 Å². The molecule has 4 nitrogen and oxygen atoms in total. The van der Waals surface area contributed by atoms with E-state index in [-0.39, 0.29) is 0 Å². The van der Waals surface area contributed by atoms with Gasteiger partial charge in [-0.25, -0.2) is 4.79 Å². The van der Waals surface area contributed by atoms with Crippen molar-refractivity contribution in [3.8, 4) is 11.5 Å². The molecule has 0 aliphatic carbocycles. The van der Waals surface area contributed by atoms with Crippen LogP contribution in [-0.4, -0.2) is 13.3 Å². The molecular weight excluding hydrogens is 372 g/mol. The number of hydrogen-bond acceptors (Lipinski definition) is 4. The average Bonchev–Trinajstić information content (AvgIpc) is 2.56. The summed E-state index contributed by atoms with van der Waals surface area (Å²) < 4.78 is 16.6. The average molecular weight is 393 g/mol. The fraction of sp³-hybridized carbons (Fsp3) is 0.316. The fourth-order valence-corrected chi connectivity index (χ4v) is 2.93. The van der Waals surface area contributed by atoms with Gasteiger partial charge in [-0.2, -0.15) is 0 Å². The van der Waals surface area contributed by atoms with Gasteiger partial charge >= 0.3 is 6.16 Å². The Morgan fingerprint density at radius 1 is 1.12 bits per heavy atom. The lowest BCUT2D eigenvalue weighted by Gasteiger charge is -2.15. The van der Waals surface area contributed by atoms with Gasteiger partial charge in [0.05, 0.1) is 11.6 Å². The monoisotopic (exact) mass is 392 g/mol. The highest BCUT2D eigenvalue weighted by Gasteiger charge is 2.13. The molecule has 0 bridgehead atoms. The number of benzene rings is 2. The molecule has 2 aromatic rings. The zero-order chi connectivity index (χ0) is 17.7. The Bertz CT molecular complexity index is 740. The summed E-state index contributed by atoms with van der Waals surface area (Å²) >= 11 is 3.55. The summed E-state index contributed by atoms with van der Waals surface area (Å²) in [5, 5.41) is 0. The molecule has 0 saturated carbocycles. The van der Waals surface area contributed by atoms with E-state index in [0.29, 0.717) is 12.4 Å². The predicted molar refractivity (Wildman–Crippen MR) is 96.8 cm³/mol. The van der Waals surface area contributed by atoms with Gasteiger partial charge in [0.25, 0.3) is 0 Å². The summed E-state index contributed by atoms with van der Waals surface area (Å²) in [6, 6.07) is 9.59. The van der Waals surface area contributed by atoms with Crippen LogP contribution in [0.25, 0.3) is 0 Å². The van der Waals surface area contributed by atoms with E-state index in [1.54, 1.807) is 6.07 Å². The first-order valence-electron chi connectivity index (χ1n) is 7.72. The normalized spacial score (nSPS) is 10.4. The third kappa shape index (κ3) is 4.29. The standard InChI is InChI=1S/C19H21BrO4/c1-5-14-10-16(20)18(9-13(14)3)23-11-15-12(2)7-6-8-17(15)24-19(21)22-4/h6-10H,5,11H2,1-4H3. The molecule has 0 atom stereocenters. The van der Waals surface area contributed by atoms with Gasteiger partial charge in [0.2, 0.25) is 0 Å². The second-order valence-corrected chi connectivity index (χ2v) is 6.31. The number of aryl methyl sites for hydroxylation is 3. The lowest BCUT2D eigenvalue weighted by molar-refractivity contribution is 0.120. The van der Waals surface area contributed by atoms with Crippen molar-refractivity contribution in [1.82, 2.24) is 0 Å². The van der Waals surface area contributed by atoms with Crippen LogP contribution >= 0.6 is 15.9 Å². The number of ether oxygens (including phenoxy) is 3. The van der Waals surface area contributed by atoms with Crippen molar-refractivity contribution >= 4 is 22.1 Å². The van der Waals surface area contributed by atoms with Gasteiger partial charge in [-0.15, -0.1) is 0 Å². The number of methoxy groups -OCH3 is 1. The van der Waals surface area contributed by atoms with E-state index in [0.717, 1.165) is 27.8 Å². The van der Waals surface area contributed by atoms with Gasteiger partial charge in [-0.1, -0.05) is 19.1 Å². The van der Waals surface area contributed by atoms with E-state index >= 15 is 0 Å². The molecule has 0 aromatic heterocycles. The fourth-order valence-electron chi connectivity index (χ4n) is 2.43. The van der Waals surface area contributed by atoms with Crippen LogP contribution in [0.15, 0.2) is 34.8 Å². The maximum atomic E-state index is 11.4. The Hall–Kier alpha value is -2.01. The van der Waals surface area contributed by atoms with Gasteiger partial charge in [-0.3, -0.25) is 0 Å². The third-order valence-corrected chi connectivity index (χ3v) is 4.49. The molecule has 128 valence electrons. The van der Waals surface area contributed by atoms with E-state index in [4.69, 9.17) is 9.47 Å². The van der Waals surface area contributed by atoms with E-state index in [9.17, 15) is 4.79 Å². The predicted octanol–water partition coefficient (Wildman–Crippen LogP) is 5.35. The molecule has 0 amide bonds. The molecule has 0 saturated heterocycles. The SMILES string of the molecule is CCc1cc(Br)c(OCc2c(C)cccc2OC(=O)OC)cc1C. The second-order valence-electron chi connectivity index (χ2n) is 5.46. The summed E-state index contributed by atoms with van der Waals surface area (Å²) in [6.07, 6.45) is 0.228. The minimum atomic E-state index is -0.744. The molecule has 0 aliphatic heterocycles. The largest absolute Gasteiger partial charge is 0.513 e. The zero-order valence-corrected chi connectivity index (χ0v) is 15.9. The Kier molecular flexibility index (Phi) is 6.26. The Balaban J connectivity index is 2.23. The van der Waals surface area contributed by atoms with Crippen molar-refractivity contribution in [2.45, 2.75) is 33.8 Å². The summed E-state index contributed by atoms with van der Waals surface area (Å²) in [7, 11) is 1.28. The first-order chi connectivity index (χ1) is 11.5. The number of carbonyl (C=O) groups is 1. The molecule has 2 aromatic carbocycles. The van der Waals surface area contributed by atoms with Crippen molar-refractivity contribution in [1.29, 1.82) is 0 Å². The van der Waals surface area contributed by atoms with Crippen LogP contribution in [0.1, 0.15) is 29.2 Å². The molecule has 0 aliphatic rings. The maximum Gasteiger partial charge on any atom is 0.513 e. The lowest BCUT2D eigenvalue weighted by atomic mass is 10.1. The highest BCUT2D eigenvalue weighted by molar-refractivity contribution is 9.10. The van der Waals surface area contributed by atoms with E-state index in [1.165, 1.54) is 18.2 Å². The molecule has 0 unspecified atom stereocenters. The minimum absolute atomic E-state index is 0.294. The second kappa shape index (κ2) is 8.20. The Morgan fingerprint density at radius 3 is 2.54 bits per heavy atom. The molecule has 0 radical (unpaired) electrons. The van der Waals surface area contributed by atoms with Gasteiger partial charge in [0.1, 0.15) is 18.1 Å². The number of rotatable bonds is 5. The Morgan fingerprint density at radius 2 is 1.88 bits per heavy atom. The van der Waals surface area contributed by atoms with E-state index in [1.807, 2.05) is 25.1 Å². The quantitative estimate of drug-likeness (QED) is 0.507. The summed E-state index contributed by atoms with van der Waals surface area (Å²) in [5.41, 5.74) is 4.26. The number of hydrogen-bond donors (Lipinski definition) is 0. The molecule has 0 N–H and O–H groups in total. The van der Waals surface area contributed by atoms with Crippen LogP contribution in [0, 0.1) is 13.8 Å². The molecule has 0 spiro atoms. The highest BCUT2D eigenvalue weighted by atomic mass is 79.9. The highest BCUT2D eigenvalue weighted by Crippen LogP contribution is 2.31. The van der Waals surface area contributed by atoms with Gasteiger partial charge in [0.15, 0.2) is 0 Å². The van der Waals surface area contributed by atoms with Gasteiger partial charge in [-0.05, 0) is 71.1 Å². The van der Waals surface area contributed by atoms with Crippen LogP contribution in [0.3, 0.4) is 0 Å². The third-order valence-electron chi connectivity index (χ3n) is 3.87. The van der Waals surface area contributed by atoms with Crippen molar-refractivity contribution in [2.75, 3.05) is 7.11 Å². The van der Waals surface area contributed by atoms with Crippen LogP contribution in [0.4, 0.5) is 4.79 Å². The van der Waals surface area contributed by atoms with Crippen molar-refractivity contribution in [2.24, 2.45) is 0 Å². The minimum Gasteiger partial charge on any atom is -0.488 e. The van der Waals surface area contributed by atoms with E-state index < -0.39 is 6.16 Å². The lowest BCUT2D eigenvalue weighted by Crippen LogP contribution is -2.10. The molecule has 5 heteroatoms. The summed E-state index contributed by atoms with van der Waals surface area (Å²) in [5.74, 6) is 1.21. The zero-order valence-electron chi connectivity index (χ0n) is 14.3. The molecule has 0 fully saturated rings. The van der Waals surface area contributed by atoms with Crippen molar-refractivity contribution in [3.05, 3.63) is 57.1 Å². The van der Waals surface area contributed by atoms with E-state index in [2.05, 4.69) is 40.6 Å². The van der Waals surface area contributed by atoms with Crippen LogP contribution < -0.4 is 9.47 Å². The van der Waals surface area contributed by atoms with Crippen LogP contribution in [0.2, 0.25) is 0 Å². The van der Waals surface area contributed by atoms with Gasteiger partial charge < -0.3 is 14.2 Å². The van der Waals surface area contributed by atoms with Crippen LogP contribution in [0.5, 0.6) is 11.5 Å². The number of carbonyl (C=O) groups excluding carboxylic acids is 1. The molecule has 0 heterocycles. The van der Waals surface area contributed by atoms with Gasteiger partial charge in [0, 0.05) is 5.56 Å². The summed E-state index contributed by atoms with van der Waals surface area (Å²) in [4.78, 5) is 11.4. The number of halogens is 1. The molecular formula is C19H21BrO4. The molecule has 24 heavy (non-hydrogen) atoms. The first kappa shape index (κ1) is 18.3. The Labute approximate surface area is 150 Å². The van der Waals surface area contributed by atoms with Crippen molar-refractivity contribution < 1.29 is 19.0 Å². The molecule has 2 rings (SSSR count). The smallest absolute Gasteiger partial charge is 0.488 e. The first-order valence-corrected chi connectivity index (χ1v) is 8.51. The van der Waals surface area contributed by atoms with Crippen LogP contribution in [-0.2, 0) is 17.8 Å². The maximum absolute atomic E-state index is 11.4. The topological polar surface area (TPSA) is 44.8 Å².